The third-order valence-corrected chi connectivity index (χ3v) is 3.72. The normalized spacial score (nSPS) is 14.3. The molecule has 0 bridgehead atoms. The Morgan fingerprint density at radius 2 is 1.89 bits per heavy atom. The van der Waals surface area contributed by atoms with Crippen molar-refractivity contribution in [2.24, 2.45) is 11.8 Å². The van der Waals surface area contributed by atoms with E-state index in [1.165, 1.54) is 11.8 Å². The smallest absolute Gasteiger partial charge is 0.219 e. The zero-order valence-corrected chi connectivity index (χ0v) is 12.5. The molecule has 0 aromatic heterocycles. The predicted octanol–water partition coefficient (Wildman–Crippen LogP) is 1.82. The molecule has 0 aromatic rings. The first kappa shape index (κ1) is 17.4. The number of rotatable bonds is 8. The average molecular weight is 275 g/mol. The largest absolute Gasteiger partial charge is 0.392 e. The van der Waals surface area contributed by atoms with Crippen LogP contribution in [0.4, 0.5) is 0 Å². The van der Waals surface area contributed by atoms with Gasteiger partial charge in [0.1, 0.15) is 0 Å². The molecule has 1 amide bonds. The molecule has 0 radical (unpaired) electrons. The summed E-state index contributed by atoms with van der Waals surface area (Å²) in [6.45, 7) is 8.09. The first-order chi connectivity index (χ1) is 8.38. The molecular formula is C13H25NO3S. The van der Waals surface area contributed by atoms with Gasteiger partial charge in [-0.2, -0.15) is 0 Å². The summed E-state index contributed by atoms with van der Waals surface area (Å²) >= 11 is 1.18. The topological polar surface area (TPSA) is 66.4 Å². The minimum Gasteiger partial charge on any atom is -0.392 e. The maximum atomic E-state index is 11.8. The number of aliphatic hydroxyl groups is 1. The van der Waals surface area contributed by atoms with Gasteiger partial charge in [0.25, 0.3) is 0 Å². The number of amides is 1. The Morgan fingerprint density at radius 1 is 1.28 bits per heavy atom. The van der Waals surface area contributed by atoms with Crippen LogP contribution in [0.3, 0.4) is 0 Å². The molecule has 0 aromatic carbocycles. The van der Waals surface area contributed by atoms with Gasteiger partial charge in [-0.05, 0) is 12.3 Å². The second-order valence-electron chi connectivity index (χ2n) is 4.86. The van der Waals surface area contributed by atoms with Crippen LogP contribution in [0, 0.1) is 11.8 Å². The van der Waals surface area contributed by atoms with Gasteiger partial charge < -0.3 is 10.4 Å². The summed E-state index contributed by atoms with van der Waals surface area (Å²) in [5, 5.41) is 12.5. The van der Waals surface area contributed by atoms with E-state index in [0.717, 1.165) is 0 Å². The fourth-order valence-corrected chi connectivity index (χ4v) is 2.27. The van der Waals surface area contributed by atoms with Gasteiger partial charge >= 0.3 is 0 Å². The molecular weight excluding hydrogens is 250 g/mol. The molecule has 4 nitrogen and oxygen atoms in total. The number of aliphatic hydroxyl groups excluding tert-OH is 1. The van der Waals surface area contributed by atoms with E-state index < -0.39 is 6.10 Å². The molecule has 0 heterocycles. The van der Waals surface area contributed by atoms with Gasteiger partial charge in [-0.1, -0.05) is 39.5 Å². The molecule has 2 N–H and O–H groups in total. The van der Waals surface area contributed by atoms with Crippen molar-refractivity contribution in [3.8, 4) is 0 Å². The Kier molecular flexibility index (Phi) is 9.10. The zero-order valence-electron chi connectivity index (χ0n) is 11.7. The number of carbonyl (C=O) groups is 2. The number of thioether (sulfide) groups is 1. The molecule has 0 aliphatic carbocycles. The van der Waals surface area contributed by atoms with E-state index in [4.69, 9.17) is 0 Å². The van der Waals surface area contributed by atoms with E-state index in [0.29, 0.717) is 31.1 Å². The molecule has 5 heteroatoms. The lowest BCUT2D eigenvalue weighted by Gasteiger charge is -2.19. The molecule has 0 rings (SSSR count). The van der Waals surface area contributed by atoms with E-state index in [9.17, 15) is 14.7 Å². The minimum atomic E-state index is -0.574. The van der Waals surface area contributed by atoms with Gasteiger partial charge in [0.05, 0.1) is 12.0 Å². The Morgan fingerprint density at radius 3 is 2.39 bits per heavy atom. The number of carbonyl (C=O) groups excluding carboxylic acids is 2. The highest BCUT2D eigenvalue weighted by Crippen LogP contribution is 2.19. The van der Waals surface area contributed by atoms with E-state index in [2.05, 4.69) is 5.32 Å². The van der Waals surface area contributed by atoms with Crippen LogP contribution < -0.4 is 5.32 Å². The van der Waals surface area contributed by atoms with Gasteiger partial charge in [0.15, 0.2) is 5.12 Å². The molecule has 0 aliphatic heterocycles. The summed E-state index contributed by atoms with van der Waals surface area (Å²) in [4.78, 5) is 22.7. The maximum Gasteiger partial charge on any atom is 0.219 e. The van der Waals surface area contributed by atoms with Crippen molar-refractivity contribution in [1.82, 2.24) is 5.32 Å². The standard InChI is InChI=1S/C13H25NO3S/c1-5-12(16)14-6-7-18-13(17)10(4)11(15)8-9(2)3/h9-11,15H,5-8H2,1-4H3,(H,14,16)/t10-,11+/m0/s1. The van der Waals surface area contributed by atoms with Gasteiger partial charge in [-0.3, -0.25) is 9.59 Å². The molecule has 0 fully saturated rings. The van der Waals surface area contributed by atoms with Crippen molar-refractivity contribution in [3.05, 3.63) is 0 Å². The Bertz CT molecular complexity index is 269. The summed E-state index contributed by atoms with van der Waals surface area (Å²) in [6.07, 6.45) is 0.526. The lowest BCUT2D eigenvalue weighted by atomic mass is 9.97. The quantitative estimate of drug-likeness (QED) is 0.663. The highest BCUT2D eigenvalue weighted by Gasteiger charge is 2.22. The fourth-order valence-electron chi connectivity index (χ4n) is 1.44. The van der Waals surface area contributed by atoms with Crippen LogP contribution in [0.15, 0.2) is 0 Å². The third-order valence-electron chi connectivity index (χ3n) is 2.65. The van der Waals surface area contributed by atoms with Gasteiger partial charge in [-0.25, -0.2) is 0 Å². The zero-order chi connectivity index (χ0) is 14.1. The molecule has 0 saturated heterocycles. The third kappa shape index (κ3) is 7.71. The maximum absolute atomic E-state index is 11.8. The highest BCUT2D eigenvalue weighted by atomic mass is 32.2. The summed E-state index contributed by atoms with van der Waals surface area (Å²) in [7, 11) is 0. The van der Waals surface area contributed by atoms with Gasteiger partial charge in [-0.15, -0.1) is 0 Å². The molecule has 0 unspecified atom stereocenters. The van der Waals surface area contributed by atoms with E-state index in [1.54, 1.807) is 13.8 Å². The number of hydrogen-bond donors (Lipinski definition) is 2. The van der Waals surface area contributed by atoms with Crippen LogP contribution in [0.25, 0.3) is 0 Å². The minimum absolute atomic E-state index is 0.00376. The lowest BCUT2D eigenvalue weighted by molar-refractivity contribution is -0.120. The van der Waals surface area contributed by atoms with Crippen molar-refractivity contribution in [3.63, 3.8) is 0 Å². The number of nitrogens with one attached hydrogen (secondary N) is 1. The van der Waals surface area contributed by atoms with Crippen molar-refractivity contribution < 1.29 is 14.7 Å². The van der Waals surface area contributed by atoms with Crippen molar-refractivity contribution in [2.75, 3.05) is 12.3 Å². The Labute approximate surface area is 114 Å². The van der Waals surface area contributed by atoms with Crippen molar-refractivity contribution >= 4 is 22.8 Å². The van der Waals surface area contributed by atoms with Crippen LogP contribution in [-0.2, 0) is 9.59 Å². The molecule has 0 aliphatic rings. The molecule has 2 atom stereocenters. The number of hydrogen-bond acceptors (Lipinski definition) is 4. The van der Waals surface area contributed by atoms with Crippen LogP contribution in [-0.4, -0.2) is 34.5 Å². The second kappa shape index (κ2) is 9.39. The average Bonchev–Trinajstić information content (AvgIpc) is 2.31. The van der Waals surface area contributed by atoms with Crippen molar-refractivity contribution in [1.29, 1.82) is 0 Å². The second-order valence-corrected chi connectivity index (χ2v) is 5.96. The predicted molar refractivity (Wildman–Crippen MR) is 75.4 cm³/mol. The lowest BCUT2D eigenvalue weighted by Crippen LogP contribution is -2.28. The summed E-state index contributed by atoms with van der Waals surface area (Å²) < 4.78 is 0. The molecule has 0 saturated carbocycles. The molecule has 18 heavy (non-hydrogen) atoms. The summed E-state index contributed by atoms with van der Waals surface area (Å²) in [5.41, 5.74) is 0. The summed E-state index contributed by atoms with van der Waals surface area (Å²) in [6, 6.07) is 0. The van der Waals surface area contributed by atoms with E-state index >= 15 is 0 Å². The Hall–Kier alpha value is -0.550. The molecule has 0 spiro atoms. The summed E-state index contributed by atoms with van der Waals surface area (Å²) in [5.74, 6) is 0.586. The fraction of sp³-hybridized carbons (Fsp3) is 0.846. The van der Waals surface area contributed by atoms with E-state index in [1.807, 2.05) is 13.8 Å². The first-order valence-electron chi connectivity index (χ1n) is 6.49. The molecule has 106 valence electrons. The van der Waals surface area contributed by atoms with Crippen LogP contribution in [0.2, 0.25) is 0 Å². The van der Waals surface area contributed by atoms with Crippen LogP contribution in [0.5, 0.6) is 0 Å². The van der Waals surface area contributed by atoms with Crippen LogP contribution in [0.1, 0.15) is 40.5 Å². The highest BCUT2D eigenvalue weighted by molar-refractivity contribution is 8.13. The Balaban J connectivity index is 3.84. The van der Waals surface area contributed by atoms with E-state index in [-0.39, 0.29) is 16.9 Å². The van der Waals surface area contributed by atoms with Gasteiger partial charge in [0, 0.05) is 18.7 Å². The SMILES string of the molecule is CCC(=O)NCCSC(=O)[C@@H](C)[C@H](O)CC(C)C. The van der Waals surface area contributed by atoms with Crippen molar-refractivity contribution in [2.45, 2.75) is 46.6 Å². The van der Waals surface area contributed by atoms with Gasteiger partial charge in [0.2, 0.25) is 5.91 Å². The first-order valence-corrected chi connectivity index (χ1v) is 7.48. The monoisotopic (exact) mass is 275 g/mol. The van der Waals surface area contributed by atoms with Crippen LogP contribution >= 0.6 is 11.8 Å².